The van der Waals surface area contributed by atoms with Gasteiger partial charge in [-0.25, -0.2) is 0 Å². The van der Waals surface area contributed by atoms with Gasteiger partial charge in [0.25, 0.3) is 0 Å². The van der Waals surface area contributed by atoms with Gasteiger partial charge in [-0.05, 0) is 18.3 Å². The van der Waals surface area contributed by atoms with Crippen molar-refractivity contribution in [2.45, 2.75) is 18.5 Å². The van der Waals surface area contributed by atoms with Gasteiger partial charge in [0.2, 0.25) is 11.8 Å². The lowest BCUT2D eigenvalue weighted by molar-refractivity contribution is -0.134. The van der Waals surface area contributed by atoms with Crippen molar-refractivity contribution >= 4 is 11.8 Å². The molecular formula is C9H16N4O2. The van der Waals surface area contributed by atoms with Crippen LogP contribution >= 0.6 is 0 Å². The van der Waals surface area contributed by atoms with Crippen molar-refractivity contribution in [3.05, 3.63) is 0 Å². The number of primary amides is 2. The summed E-state index contributed by atoms with van der Waals surface area (Å²) in [5, 5.41) is 0. The quantitative estimate of drug-likeness (QED) is 0.401. The topological polar surface area (TPSA) is 138 Å². The number of carbonyl (C=O) groups excluding carboxylic acids is 2. The Balaban J connectivity index is 2.30. The standard InChI is InChI=1S/C9H16N4O2/c10-6-2-1-3(2)7(11)5(9(13)15)4(6)8(12)14/h2-7H,1,10-11H2,(H2,12,14)(H2,13,15)/t2-,3?,4?,5?,6?,7?/m0/s1. The largest absolute Gasteiger partial charge is 0.369 e. The van der Waals surface area contributed by atoms with E-state index in [0.29, 0.717) is 0 Å². The third kappa shape index (κ3) is 1.40. The summed E-state index contributed by atoms with van der Waals surface area (Å²) >= 11 is 0. The number of amides is 2. The van der Waals surface area contributed by atoms with Crippen LogP contribution in [0.15, 0.2) is 0 Å². The molecule has 0 aliphatic heterocycles. The van der Waals surface area contributed by atoms with Crippen LogP contribution in [-0.2, 0) is 9.59 Å². The van der Waals surface area contributed by atoms with E-state index in [1.807, 2.05) is 0 Å². The second-order valence-corrected chi connectivity index (χ2v) is 4.57. The highest BCUT2D eigenvalue weighted by Gasteiger charge is 2.59. The summed E-state index contributed by atoms with van der Waals surface area (Å²) in [6.45, 7) is 0. The summed E-state index contributed by atoms with van der Waals surface area (Å²) in [7, 11) is 0. The molecule has 0 radical (unpaired) electrons. The van der Waals surface area contributed by atoms with Crippen molar-refractivity contribution in [1.82, 2.24) is 0 Å². The Hall–Kier alpha value is -1.14. The van der Waals surface area contributed by atoms with Crippen molar-refractivity contribution in [1.29, 1.82) is 0 Å². The number of carbonyl (C=O) groups is 2. The molecule has 6 atom stereocenters. The maximum atomic E-state index is 11.3. The minimum atomic E-state index is -0.707. The van der Waals surface area contributed by atoms with E-state index >= 15 is 0 Å². The molecule has 8 N–H and O–H groups in total. The van der Waals surface area contributed by atoms with Gasteiger partial charge < -0.3 is 22.9 Å². The second kappa shape index (κ2) is 3.18. The van der Waals surface area contributed by atoms with Crippen LogP contribution < -0.4 is 22.9 Å². The van der Waals surface area contributed by atoms with Crippen molar-refractivity contribution in [3.8, 4) is 0 Å². The average molecular weight is 212 g/mol. The molecule has 0 bridgehead atoms. The third-order valence-electron chi connectivity index (χ3n) is 3.75. The van der Waals surface area contributed by atoms with E-state index in [1.165, 1.54) is 0 Å². The summed E-state index contributed by atoms with van der Waals surface area (Å²) in [4.78, 5) is 22.5. The highest BCUT2D eigenvalue weighted by molar-refractivity contribution is 5.87. The van der Waals surface area contributed by atoms with Gasteiger partial charge in [-0.1, -0.05) is 0 Å². The molecular weight excluding hydrogens is 196 g/mol. The maximum absolute atomic E-state index is 11.3. The smallest absolute Gasteiger partial charge is 0.222 e. The molecule has 6 heteroatoms. The van der Waals surface area contributed by atoms with E-state index in [9.17, 15) is 9.59 Å². The van der Waals surface area contributed by atoms with Gasteiger partial charge in [0.15, 0.2) is 0 Å². The molecule has 0 aromatic heterocycles. The molecule has 0 spiro atoms. The summed E-state index contributed by atoms with van der Waals surface area (Å²) in [6.07, 6.45) is 0.871. The first-order valence-corrected chi connectivity index (χ1v) is 5.05. The molecule has 2 rings (SSSR count). The first-order chi connectivity index (χ1) is 6.95. The average Bonchev–Trinajstić information content (AvgIpc) is 2.88. The van der Waals surface area contributed by atoms with Crippen LogP contribution in [0.5, 0.6) is 0 Å². The van der Waals surface area contributed by atoms with Crippen molar-refractivity contribution < 1.29 is 9.59 Å². The molecule has 2 aliphatic carbocycles. The number of hydrogen-bond donors (Lipinski definition) is 4. The molecule has 5 unspecified atom stereocenters. The predicted octanol–water partition coefficient (Wildman–Crippen LogP) is -2.51. The molecule has 15 heavy (non-hydrogen) atoms. The van der Waals surface area contributed by atoms with Gasteiger partial charge >= 0.3 is 0 Å². The zero-order valence-electron chi connectivity index (χ0n) is 8.30. The van der Waals surface area contributed by atoms with Crippen LogP contribution in [0.25, 0.3) is 0 Å². The van der Waals surface area contributed by atoms with Gasteiger partial charge in [0, 0.05) is 12.1 Å². The van der Waals surface area contributed by atoms with Gasteiger partial charge in [0.1, 0.15) is 0 Å². The fourth-order valence-corrected chi connectivity index (χ4v) is 2.87. The zero-order chi connectivity index (χ0) is 11.3. The van der Waals surface area contributed by atoms with Crippen LogP contribution in [0.4, 0.5) is 0 Å². The minimum Gasteiger partial charge on any atom is -0.369 e. The molecule has 0 aromatic rings. The van der Waals surface area contributed by atoms with Crippen molar-refractivity contribution in [3.63, 3.8) is 0 Å². The maximum Gasteiger partial charge on any atom is 0.222 e. The Morgan fingerprint density at radius 2 is 1.20 bits per heavy atom. The lowest BCUT2D eigenvalue weighted by Crippen LogP contribution is -2.58. The van der Waals surface area contributed by atoms with E-state index in [1.54, 1.807) is 0 Å². The Bertz CT molecular complexity index is 289. The van der Waals surface area contributed by atoms with E-state index in [0.717, 1.165) is 6.42 Å². The van der Waals surface area contributed by atoms with Gasteiger partial charge in [0.05, 0.1) is 11.8 Å². The molecule has 2 aliphatic rings. The second-order valence-electron chi connectivity index (χ2n) is 4.57. The SMILES string of the molecule is NC(=O)C1C(N)C2C[C@@H]2C(N)C1C(N)=O. The molecule has 0 saturated heterocycles. The van der Waals surface area contributed by atoms with Crippen LogP contribution in [0.1, 0.15) is 6.42 Å². The van der Waals surface area contributed by atoms with Crippen LogP contribution in [0.3, 0.4) is 0 Å². The first-order valence-electron chi connectivity index (χ1n) is 5.05. The fraction of sp³-hybridized carbons (Fsp3) is 0.778. The zero-order valence-corrected chi connectivity index (χ0v) is 8.30. The molecule has 0 heterocycles. The molecule has 2 amide bonds. The summed E-state index contributed by atoms with van der Waals surface area (Å²) in [5.74, 6) is -2.11. The summed E-state index contributed by atoms with van der Waals surface area (Å²) in [5.41, 5.74) is 22.3. The summed E-state index contributed by atoms with van der Waals surface area (Å²) < 4.78 is 0. The molecule has 2 saturated carbocycles. The van der Waals surface area contributed by atoms with E-state index in [4.69, 9.17) is 22.9 Å². The monoisotopic (exact) mass is 212 g/mol. The number of nitrogens with two attached hydrogens (primary N) is 4. The normalized spacial score (nSPS) is 48.1. The lowest BCUT2D eigenvalue weighted by atomic mass is 9.72. The Morgan fingerprint density at radius 3 is 1.47 bits per heavy atom. The number of rotatable bonds is 2. The lowest BCUT2D eigenvalue weighted by Gasteiger charge is -2.36. The van der Waals surface area contributed by atoms with E-state index < -0.39 is 23.7 Å². The van der Waals surface area contributed by atoms with Gasteiger partial charge in [-0.3, -0.25) is 9.59 Å². The Morgan fingerprint density at radius 1 is 0.867 bits per heavy atom. The van der Waals surface area contributed by atoms with Crippen LogP contribution in [-0.4, -0.2) is 23.9 Å². The van der Waals surface area contributed by atoms with Crippen molar-refractivity contribution in [2.75, 3.05) is 0 Å². The molecule has 6 nitrogen and oxygen atoms in total. The minimum absolute atomic E-state index is 0.230. The van der Waals surface area contributed by atoms with Gasteiger partial charge in [-0.15, -0.1) is 0 Å². The Labute approximate surface area is 87.3 Å². The Kier molecular flexibility index (Phi) is 2.20. The predicted molar refractivity (Wildman–Crippen MR) is 52.9 cm³/mol. The molecule has 84 valence electrons. The third-order valence-corrected chi connectivity index (χ3v) is 3.75. The highest BCUT2D eigenvalue weighted by Crippen LogP contribution is 2.52. The number of fused-ring (bicyclic) bond motifs is 1. The molecule has 2 fully saturated rings. The summed E-state index contributed by atoms with van der Waals surface area (Å²) in [6, 6.07) is -0.741. The van der Waals surface area contributed by atoms with Gasteiger partial charge in [-0.2, -0.15) is 0 Å². The van der Waals surface area contributed by atoms with Crippen LogP contribution in [0, 0.1) is 23.7 Å². The fourth-order valence-electron chi connectivity index (χ4n) is 2.87. The van der Waals surface area contributed by atoms with Crippen molar-refractivity contribution in [2.24, 2.45) is 46.6 Å². The highest BCUT2D eigenvalue weighted by atomic mass is 16.2. The molecule has 0 aromatic carbocycles. The van der Waals surface area contributed by atoms with Crippen LogP contribution in [0.2, 0.25) is 0 Å². The van der Waals surface area contributed by atoms with E-state index in [2.05, 4.69) is 0 Å². The van der Waals surface area contributed by atoms with E-state index in [-0.39, 0.29) is 23.9 Å². The first kappa shape index (κ1) is 10.4. The number of hydrogen-bond acceptors (Lipinski definition) is 4.